The predicted molar refractivity (Wildman–Crippen MR) is 76.5 cm³/mol. The van der Waals surface area contributed by atoms with Crippen LogP contribution < -0.4 is 4.74 Å². The van der Waals surface area contributed by atoms with Crippen molar-refractivity contribution in [2.75, 3.05) is 6.61 Å². The van der Waals surface area contributed by atoms with Crippen LogP contribution in [0.15, 0.2) is 48.5 Å². The average Bonchev–Trinajstić information content (AvgIpc) is 2.46. The molecule has 20 heavy (non-hydrogen) atoms. The van der Waals surface area contributed by atoms with Gasteiger partial charge in [-0.15, -0.1) is 0 Å². The van der Waals surface area contributed by atoms with Crippen LogP contribution >= 0.6 is 0 Å². The normalized spacial score (nSPS) is 11.9. The van der Waals surface area contributed by atoms with Crippen molar-refractivity contribution in [2.45, 2.75) is 19.3 Å². The molecule has 0 aliphatic carbocycles. The molecule has 0 amide bonds. The topological polar surface area (TPSA) is 26.3 Å². The van der Waals surface area contributed by atoms with E-state index in [0.29, 0.717) is 18.6 Å². The summed E-state index contributed by atoms with van der Waals surface area (Å²) in [5, 5.41) is 0. The third-order valence-corrected chi connectivity index (χ3v) is 3.15. The van der Waals surface area contributed by atoms with Gasteiger partial charge in [0.15, 0.2) is 0 Å². The second kappa shape index (κ2) is 6.85. The van der Waals surface area contributed by atoms with Crippen molar-refractivity contribution >= 4 is 6.29 Å². The molecule has 2 aromatic carbocycles. The minimum atomic E-state index is -0.368. The Balaban J connectivity index is 2.24. The zero-order chi connectivity index (χ0) is 14.4. The van der Waals surface area contributed by atoms with Crippen molar-refractivity contribution in [3.63, 3.8) is 0 Å². The van der Waals surface area contributed by atoms with Crippen LogP contribution in [-0.2, 0) is 11.2 Å². The molecule has 0 saturated heterocycles. The number of benzene rings is 2. The van der Waals surface area contributed by atoms with Crippen LogP contribution in [0, 0.1) is 5.82 Å². The molecule has 2 rings (SSSR count). The summed E-state index contributed by atoms with van der Waals surface area (Å²) in [6.45, 7) is 2.49. The summed E-state index contributed by atoms with van der Waals surface area (Å²) < 4.78 is 18.8. The summed E-state index contributed by atoms with van der Waals surface area (Å²) in [5.41, 5.74) is 1.64. The number of hydrogen-bond acceptors (Lipinski definition) is 2. The lowest BCUT2D eigenvalue weighted by atomic mass is 9.93. The molecule has 0 radical (unpaired) electrons. The maximum Gasteiger partial charge on any atom is 0.127 e. The van der Waals surface area contributed by atoms with Gasteiger partial charge in [0.1, 0.15) is 17.9 Å². The van der Waals surface area contributed by atoms with Gasteiger partial charge in [0, 0.05) is 5.92 Å². The third-order valence-electron chi connectivity index (χ3n) is 3.15. The molecule has 104 valence electrons. The lowest BCUT2D eigenvalue weighted by Gasteiger charge is -2.14. The van der Waals surface area contributed by atoms with Crippen molar-refractivity contribution in [3.8, 4) is 5.75 Å². The van der Waals surface area contributed by atoms with E-state index < -0.39 is 0 Å². The van der Waals surface area contributed by atoms with E-state index in [1.807, 2.05) is 31.2 Å². The first-order valence-electron chi connectivity index (χ1n) is 6.66. The molecule has 0 N–H and O–H groups in total. The molecule has 0 bridgehead atoms. The molecule has 0 spiro atoms. The van der Waals surface area contributed by atoms with Crippen LogP contribution in [-0.4, -0.2) is 12.9 Å². The monoisotopic (exact) mass is 272 g/mol. The summed E-state index contributed by atoms with van der Waals surface area (Å²) in [6, 6.07) is 13.8. The van der Waals surface area contributed by atoms with Crippen LogP contribution in [0.3, 0.4) is 0 Å². The van der Waals surface area contributed by atoms with E-state index >= 15 is 0 Å². The molecule has 0 aliphatic heterocycles. The third kappa shape index (κ3) is 3.44. The minimum absolute atomic E-state index is 0.326. The van der Waals surface area contributed by atoms with Crippen molar-refractivity contribution in [1.82, 2.24) is 0 Å². The maximum atomic E-state index is 13.3. The second-order valence-electron chi connectivity index (χ2n) is 4.54. The molecule has 0 fully saturated rings. The molecule has 2 aromatic rings. The Morgan fingerprint density at radius 2 is 2.00 bits per heavy atom. The molecule has 3 heteroatoms. The van der Waals surface area contributed by atoms with E-state index in [1.165, 1.54) is 12.1 Å². The van der Waals surface area contributed by atoms with Crippen LogP contribution in [0.25, 0.3) is 0 Å². The fourth-order valence-corrected chi connectivity index (χ4v) is 2.19. The molecular weight excluding hydrogens is 255 g/mol. The number of halogens is 1. The maximum absolute atomic E-state index is 13.3. The Kier molecular flexibility index (Phi) is 4.88. The van der Waals surface area contributed by atoms with E-state index in [-0.39, 0.29) is 11.7 Å². The largest absolute Gasteiger partial charge is 0.494 e. The average molecular weight is 272 g/mol. The van der Waals surface area contributed by atoms with Gasteiger partial charge in [0.05, 0.1) is 6.61 Å². The summed E-state index contributed by atoms with van der Waals surface area (Å²) in [5.74, 6) is 0.0815. The molecule has 0 heterocycles. The van der Waals surface area contributed by atoms with Gasteiger partial charge in [-0.3, -0.25) is 0 Å². The SMILES string of the molecule is CCOc1ccccc1CC(C=O)c1cccc(F)c1. The summed E-state index contributed by atoms with van der Waals surface area (Å²) in [6.07, 6.45) is 1.36. The van der Waals surface area contributed by atoms with Crippen LogP contribution in [0.1, 0.15) is 24.0 Å². The van der Waals surface area contributed by atoms with E-state index in [2.05, 4.69) is 0 Å². The highest BCUT2D eigenvalue weighted by Gasteiger charge is 2.14. The fourth-order valence-electron chi connectivity index (χ4n) is 2.19. The first-order valence-corrected chi connectivity index (χ1v) is 6.66. The van der Waals surface area contributed by atoms with Crippen molar-refractivity contribution in [2.24, 2.45) is 0 Å². The zero-order valence-corrected chi connectivity index (χ0v) is 11.4. The van der Waals surface area contributed by atoms with Crippen molar-refractivity contribution in [1.29, 1.82) is 0 Å². The van der Waals surface area contributed by atoms with Gasteiger partial charge in [0.25, 0.3) is 0 Å². The predicted octanol–water partition coefficient (Wildman–Crippen LogP) is 3.75. The van der Waals surface area contributed by atoms with Gasteiger partial charge in [-0.2, -0.15) is 0 Å². The van der Waals surface area contributed by atoms with E-state index in [4.69, 9.17) is 4.74 Å². The van der Waals surface area contributed by atoms with E-state index in [0.717, 1.165) is 17.6 Å². The number of rotatable bonds is 6. The first kappa shape index (κ1) is 14.3. The zero-order valence-electron chi connectivity index (χ0n) is 11.4. The second-order valence-corrected chi connectivity index (χ2v) is 4.54. The summed E-state index contributed by atoms with van der Waals surface area (Å²) >= 11 is 0. The molecule has 0 saturated carbocycles. The molecule has 1 unspecified atom stereocenters. The fraction of sp³-hybridized carbons (Fsp3) is 0.235. The minimum Gasteiger partial charge on any atom is -0.494 e. The summed E-state index contributed by atoms with van der Waals surface area (Å²) in [7, 11) is 0. The number of aldehydes is 1. The van der Waals surface area contributed by atoms with Gasteiger partial charge >= 0.3 is 0 Å². The number of para-hydroxylation sites is 1. The number of hydrogen-bond donors (Lipinski definition) is 0. The molecule has 0 aromatic heterocycles. The lowest BCUT2D eigenvalue weighted by Crippen LogP contribution is -2.06. The van der Waals surface area contributed by atoms with E-state index in [1.54, 1.807) is 12.1 Å². The molecule has 0 aliphatic rings. The smallest absolute Gasteiger partial charge is 0.127 e. The van der Waals surface area contributed by atoms with Crippen molar-refractivity contribution in [3.05, 3.63) is 65.5 Å². The van der Waals surface area contributed by atoms with Crippen LogP contribution in [0.2, 0.25) is 0 Å². The van der Waals surface area contributed by atoms with Crippen molar-refractivity contribution < 1.29 is 13.9 Å². The van der Waals surface area contributed by atoms with Crippen LogP contribution in [0.5, 0.6) is 5.75 Å². The van der Waals surface area contributed by atoms with Gasteiger partial charge in [0.2, 0.25) is 0 Å². The Morgan fingerprint density at radius 1 is 1.20 bits per heavy atom. The summed E-state index contributed by atoms with van der Waals surface area (Å²) in [4.78, 5) is 11.3. The molecule has 1 atom stereocenters. The molecule has 2 nitrogen and oxygen atoms in total. The first-order chi connectivity index (χ1) is 9.74. The number of carbonyl (C=O) groups is 1. The number of carbonyl (C=O) groups excluding carboxylic acids is 1. The Labute approximate surface area is 118 Å². The highest BCUT2D eigenvalue weighted by atomic mass is 19.1. The van der Waals surface area contributed by atoms with Gasteiger partial charge in [-0.25, -0.2) is 4.39 Å². The van der Waals surface area contributed by atoms with E-state index in [9.17, 15) is 9.18 Å². The quantitative estimate of drug-likeness (QED) is 0.749. The van der Waals surface area contributed by atoms with Gasteiger partial charge < -0.3 is 9.53 Å². The Hall–Kier alpha value is -2.16. The lowest BCUT2D eigenvalue weighted by molar-refractivity contribution is -0.109. The Bertz CT molecular complexity index is 581. The Morgan fingerprint density at radius 3 is 2.70 bits per heavy atom. The van der Waals surface area contributed by atoms with Crippen LogP contribution in [0.4, 0.5) is 4.39 Å². The molecular formula is C17H17FO2. The number of ether oxygens (including phenoxy) is 1. The van der Waals surface area contributed by atoms with Gasteiger partial charge in [-0.05, 0) is 42.7 Å². The van der Waals surface area contributed by atoms with Gasteiger partial charge in [-0.1, -0.05) is 30.3 Å². The highest BCUT2D eigenvalue weighted by Crippen LogP contribution is 2.25. The highest BCUT2D eigenvalue weighted by molar-refractivity contribution is 5.63. The standard InChI is InChI=1S/C17H17FO2/c1-2-20-17-9-4-3-6-14(17)10-15(12-19)13-7-5-8-16(18)11-13/h3-9,11-12,15H,2,10H2,1H3.